The Morgan fingerprint density at radius 2 is 0.739 bits per heavy atom. The van der Waals surface area contributed by atoms with Crippen LogP contribution in [0.4, 0.5) is 0 Å². The van der Waals surface area contributed by atoms with E-state index in [1.165, 1.54) is 32.9 Å². The third-order valence-electron chi connectivity index (χ3n) is 17.4. The van der Waals surface area contributed by atoms with Gasteiger partial charge in [-0.2, -0.15) is 5.26 Å². The van der Waals surface area contributed by atoms with Crippen LogP contribution in [0.25, 0.3) is 0 Å². The molecule has 3 saturated heterocycles. The van der Waals surface area contributed by atoms with E-state index >= 15 is 0 Å². The van der Waals surface area contributed by atoms with Crippen molar-refractivity contribution in [2.75, 3.05) is 106 Å². The van der Waals surface area contributed by atoms with Crippen LogP contribution in [0.2, 0.25) is 0 Å². The maximum atomic E-state index is 14.7. The molecule has 119 heavy (non-hydrogen) atoms. The standard InChI is InChI=1S/C76H115N6O36P/c1-41(2)82(42(3)4)119(108-23-17-22-77)118-57-20-18-56(19-21-57)81-73(95)55-36-58(99-30-24-96-27-33-102-74-63(78-43(5)83)70(112-52(14)92)67(109-49(11)89)60(115-74)38-105-46(8)86)66(101-32-26-98-29-35-104-76-65(80-45(7)85)72(114-54(16)94)69(111-51(13)91)62(117-76)40-107-48(10)88)59(37-55)100-31-25-97-28-34-103-75-64(79-44(6)84)71(113-53(15)93)68(110-50(12)90)61(116-75)39-106-47(9)87/h36-37,41-42,56-57,60-65,67-72,74-76H,17-21,23-35,38-40H2,1-16H3,(H,78,83)(H,79,84)(H,80,85)(H,81,95)/t56-,57+,60-,61-,62-,63-,64-,65-,67+,68+,69+,70-,71-,72-,74-,75-,76-,119?/m1/s1. The van der Waals surface area contributed by atoms with Gasteiger partial charge in [-0.25, -0.2) is 4.67 Å². The number of nitriles is 1. The number of esters is 9. The van der Waals surface area contributed by atoms with Crippen molar-refractivity contribution in [2.24, 2.45) is 0 Å². The van der Waals surface area contributed by atoms with Crippen molar-refractivity contribution in [3.8, 4) is 23.3 Å². The van der Waals surface area contributed by atoms with Crippen molar-refractivity contribution < 1.29 is 171 Å². The maximum Gasteiger partial charge on any atom is 0.303 e. The van der Waals surface area contributed by atoms with Crippen LogP contribution >= 0.6 is 8.53 Å². The summed E-state index contributed by atoms with van der Waals surface area (Å²) in [4.78, 5) is 163. The van der Waals surface area contributed by atoms with Crippen LogP contribution < -0.4 is 35.5 Å². The lowest BCUT2D eigenvalue weighted by Crippen LogP contribution is -2.66. The molecular weight excluding hydrogens is 1600 g/mol. The van der Waals surface area contributed by atoms with Crippen LogP contribution in [0.1, 0.15) is 153 Å². The Labute approximate surface area is 691 Å². The summed E-state index contributed by atoms with van der Waals surface area (Å²) in [6, 6.07) is 0.905. The number of nitrogens with zero attached hydrogens (tertiary/aromatic N) is 2. The van der Waals surface area contributed by atoms with E-state index in [0.717, 1.165) is 62.3 Å². The van der Waals surface area contributed by atoms with Crippen LogP contribution in [0.15, 0.2) is 12.1 Å². The monoisotopic (exact) mass is 1720 g/mol. The van der Waals surface area contributed by atoms with Gasteiger partial charge in [0.1, 0.15) is 76.1 Å². The second kappa shape index (κ2) is 52.4. The normalized spacial score (nSPS) is 24.9. The fraction of sp³-hybridized carbons (Fsp3) is 0.737. The van der Waals surface area contributed by atoms with Crippen molar-refractivity contribution in [2.45, 2.75) is 259 Å². The largest absolute Gasteiger partial charge is 0.487 e. The zero-order chi connectivity index (χ0) is 88.0. The summed E-state index contributed by atoms with van der Waals surface area (Å²) in [5.41, 5.74) is 0.0387. The first-order chi connectivity index (χ1) is 56.5. The van der Waals surface area contributed by atoms with Gasteiger partial charge in [-0.15, -0.1) is 0 Å². The fourth-order valence-electron chi connectivity index (χ4n) is 13.0. The Morgan fingerprint density at radius 3 is 1.04 bits per heavy atom. The lowest BCUT2D eigenvalue weighted by Gasteiger charge is -2.44. The molecule has 0 spiro atoms. The maximum absolute atomic E-state index is 14.7. The Hall–Kier alpha value is -8.83. The molecule has 0 aromatic heterocycles. The highest BCUT2D eigenvalue weighted by Gasteiger charge is 2.55. The Bertz CT molecular complexity index is 3390. The van der Waals surface area contributed by atoms with Crippen molar-refractivity contribution >= 4 is 85.9 Å². The van der Waals surface area contributed by atoms with E-state index in [-0.39, 0.29) is 139 Å². The summed E-state index contributed by atoms with van der Waals surface area (Å²) in [7, 11) is -1.55. The summed E-state index contributed by atoms with van der Waals surface area (Å²) in [6.07, 6.45) is -14.3. The summed E-state index contributed by atoms with van der Waals surface area (Å²) in [5.74, 6) is -9.51. The molecule has 3 heterocycles. The summed E-state index contributed by atoms with van der Waals surface area (Å²) < 4.78 is 137. The summed E-state index contributed by atoms with van der Waals surface area (Å²) in [5, 5.41) is 20.3. The van der Waals surface area contributed by atoms with Gasteiger partial charge in [0.05, 0.1) is 84.7 Å². The van der Waals surface area contributed by atoms with Gasteiger partial charge < -0.3 is 130 Å². The van der Waals surface area contributed by atoms with E-state index in [1.807, 2.05) is 27.7 Å². The highest BCUT2D eigenvalue weighted by atomic mass is 31.2. The molecule has 670 valence electrons. The second-order valence-corrected chi connectivity index (χ2v) is 29.5. The van der Waals surface area contributed by atoms with E-state index in [2.05, 4.69) is 32.0 Å². The number of benzene rings is 1. The molecule has 1 unspecified atom stereocenters. The molecule has 1 aromatic carbocycles. The topological polar surface area (TPSA) is 509 Å². The van der Waals surface area contributed by atoms with Crippen LogP contribution in [-0.2, 0) is 152 Å². The minimum atomic E-state index is -1.55. The fourth-order valence-corrected chi connectivity index (χ4v) is 14.7. The molecule has 5 rings (SSSR count). The van der Waals surface area contributed by atoms with Gasteiger partial charge in [-0.05, 0) is 65.5 Å². The first-order valence-corrected chi connectivity index (χ1v) is 40.0. The molecule has 1 aromatic rings. The highest BCUT2D eigenvalue weighted by Crippen LogP contribution is 2.49. The summed E-state index contributed by atoms with van der Waals surface area (Å²) >= 11 is 0. The molecule has 42 nitrogen and oxygen atoms in total. The predicted molar refractivity (Wildman–Crippen MR) is 405 cm³/mol. The molecule has 4 N–H and O–H groups in total. The average molecular weight is 1720 g/mol. The zero-order valence-electron chi connectivity index (χ0n) is 70.0. The van der Waals surface area contributed by atoms with Crippen LogP contribution in [-0.4, -0.2) is 304 Å². The van der Waals surface area contributed by atoms with Gasteiger partial charge in [-0.1, -0.05) is 0 Å². The Morgan fingerprint density at radius 1 is 0.420 bits per heavy atom. The number of hydrogen-bond donors (Lipinski definition) is 4. The second-order valence-electron chi connectivity index (χ2n) is 28.1. The van der Waals surface area contributed by atoms with E-state index in [1.54, 1.807) is 0 Å². The number of carbonyl (C=O) groups excluding carboxylic acids is 13. The number of carbonyl (C=O) groups is 13. The third kappa shape index (κ3) is 35.8. The summed E-state index contributed by atoms with van der Waals surface area (Å²) in [6.45, 7) is 17.9. The van der Waals surface area contributed by atoms with Crippen LogP contribution in [0, 0.1) is 11.3 Å². The highest BCUT2D eigenvalue weighted by molar-refractivity contribution is 7.44. The van der Waals surface area contributed by atoms with Crippen molar-refractivity contribution in [1.29, 1.82) is 5.26 Å². The molecule has 4 amide bonds. The first kappa shape index (κ1) is 101. The van der Waals surface area contributed by atoms with Crippen molar-refractivity contribution in [3.05, 3.63) is 17.7 Å². The molecular formula is C76H115N6O36P. The molecule has 1 aliphatic carbocycles. The van der Waals surface area contributed by atoms with Crippen LogP contribution in [0.3, 0.4) is 0 Å². The van der Waals surface area contributed by atoms with Gasteiger partial charge in [0, 0.05) is 107 Å². The predicted octanol–water partition coefficient (Wildman–Crippen LogP) is 2.22. The molecule has 0 radical (unpaired) electrons. The van der Waals surface area contributed by atoms with Crippen LogP contribution in [0.5, 0.6) is 17.2 Å². The number of hydrogen-bond acceptors (Lipinski definition) is 38. The molecule has 4 aliphatic rings. The average Bonchev–Trinajstić information content (AvgIpc) is 0.796. The molecule has 43 heteroatoms. The van der Waals surface area contributed by atoms with Crippen molar-refractivity contribution in [3.63, 3.8) is 0 Å². The zero-order valence-corrected chi connectivity index (χ0v) is 70.9. The van der Waals surface area contributed by atoms with Gasteiger partial charge in [0.2, 0.25) is 23.5 Å². The number of ether oxygens (including phenoxy) is 21. The minimum absolute atomic E-state index is 0.0387. The first-order valence-electron chi connectivity index (χ1n) is 38.9. The smallest absolute Gasteiger partial charge is 0.303 e. The molecule has 3 aliphatic heterocycles. The lowest BCUT2D eigenvalue weighted by molar-refractivity contribution is -0.279. The van der Waals surface area contributed by atoms with E-state index in [0.29, 0.717) is 25.7 Å². The lowest BCUT2D eigenvalue weighted by atomic mass is 9.93. The quantitative estimate of drug-likeness (QED) is 0.0314. The van der Waals surface area contributed by atoms with Crippen molar-refractivity contribution in [1.82, 2.24) is 25.9 Å². The SMILES string of the molecule is CC(=O)N[C@H]1[C@H](OCCOCCOc2cc(C(=O)N[C@H]3CC[C@@H](OP(OCCC#N)N(C(C)C)C(C)C)CC3)cc(OCCOCCO[C@@H]3O[C@H](COC(C)=O)[C@H](OC(C)=O)[C@H](OC(C)=O)[C@H]3NC(C)=O)c2OCCOCCO[C@@H]2O[C@H](COC(C)=O)[C@H](OC(C)=O)[C@H](OC(C)=O)[C@H]2NC(C)=O)O[C@H](COC(C)=O)[C@H](OC(C)=O)[C@@H]1OC(C)=O. The number of nitrogens with one attached hydrogen (secondary N) is 4. The number of rotatable bonds is 49. The van der Waals surface area contributed by atoms with E-state index in [4.69, 9.17) is 109 Å². The minimum Gasteiger partial charge on any atom is -0.487 e. The molecule has 16 atom stereocenters. The van der Waals surface area contributed by atoms with E-state index < -0.39 is 198 Å². The Balaban J connectivity index is 1.45. The van der Waals surface area contributed by atoms with E-state index in [9.17, 15) is 67.6 Å². The molecule has 4 fully saturated rings. The molecule has 1 saturated carbocycles. The van der Waals surface area contributed by atoms with Gasteiger partial charge in [-0.3, -0.25) is 62.3 Å². The van der Waals surface area contributed by atoms with Gasteiger partial charge in [0.25, 0.3) is 14.4 Å². The van der Waals surface area contributed by atoms with Gasteiger partial charge >= 0.3 is 53.7 Å². The van der Waals surface area contributed by atoms with Gasteiger partial charge in [0.15, 0.2) is 67.0 Å². The number of amides is 4. The third-order valence-corrected chi connectivity index (χ3v) is 19.6. The Kier molecular flexibility index (Phi) is 44.3. The molecule has 0 bridgehead atoms.